The van der Waals surface area contributed by atoms with Crippen molar-refractivity contribution in [3.05, 3.63) is 35.9 Å². The minimum Gasteiger partial charge on any atom is -0.393 e. The third-order valence-electron chi connectivity index (χ3n) is 6.68. The van der Waals surface area contributed by atoms with Gasteiger partial charge in [-0.05, 0) is 60.8 Å². The van der Waals surface area contributed by atoms with E-state index in [4.69, 9.17) is 18.0 Å². The number of hydrogen-bond donors (Lipinski definition) is 1. The maximum atomic E-state index is 6.21. The first kappa shape index (κ1) is 12.8. The van der Waals surface area contributed by atoms with Crippen molar-refractivity contribution in [1.82, 2.24) is 0 Å². The zero-order valence-electron chi connectivity index (χ0n) is 12.1. The SMILES string of the molecule is CC1C2CC3(C(N)=S)CC1CC(c1ccccc1)(C2)C3. The molecule has 0 heterocycles. The zero-order chi connectivity index (χ0) is 14.0. The van der Waals surface area contributed by atoms with Crippen molar-refractivity contribution in [3.63, 3.8) is 0 Å². The highest BCUT2D eigenvalue weighted by atomic mass is 32.1. The molecule has 2 N–H and O–H groups in total. The second kappa shape index (κ2) is 4.07. The molecule has 0 aliphatic heterocycles. The Morgan fingerprint density at radius 1 is 1.10 bits per heavy atom. The summed E-state index contributed by atoms with van der Waals surface area (Å²) in [6, 6.07) is 11.1. The van der Waals surface area contributed by atoms with E-state index in [1.54, 1.807) is 0 Å². The predicted octanol–water partition coefficient (Wildman–Crippen LogP) is 4.06. The van der Waals surface area contributed by atoms with Crippen LogP contribution in [0, 0.1) is 23.2 Å². The monoisotopic (exact) mass is 285 g/mol. The molecule has 106 valence electrons. The first-order chi connectivity index (χ1) is 9.55. The summed E-state index contributed by atoms with van der Waals surface area (Å²) in [6.07, 6.45) is 6.38. The standard InChI is InChI=1S/C18H23NS/c1-12-13-7-17(15-5-3-2-4-6-15)8-14(12)10-18(9-13,11-17)16(19)20/h2-6,12-14H,7-11H2,1H3,(H2,19,20). The number of thiocarbonyl (C=S) groups is 1. The van der Waals surface area contributed by atoms with Gasteiger partial charge in [-0.15, -0.1) is 0 Å². The lowest BCUT2D eigenvalue weighted by atomic mass is 9.40. The van der Waals surface area contributed by atoms with Gasteiger partial charge in [-0.1, -0.05) is 49.5 Å². The molecule has 5 rings (SSSR count). The van der Waals surface area contributed by atoms with E-state index < -0.39 is 0 Å². The van der Waals surface area contributed by atoms with Gasteiger partial charge >= 0.3 is 0 Å². The molecule has 1 aromatic rings. The molecule has 2 heteroatoms. The van der Waals surface area contributed by atoms with E-state index in [2.05, 4.69) is 37.3 Å². The van der Waals surface area contributed by atoms with Gasteiger partial charge in [0.25, 0.3) is 0 Å². The number of hydrogen-bond acceptors (Lipinski definition) is 1. The van der Waals surface area contributed by atoms with Gasteiger partial charge in [0.05, 0.1) is 4.99 Å². The van der Waals surface area contributed by atoms with E-state index in [1.807, 2.05) is 0 Å². The fourth-order valence-electron chi connectivity index (χ4n) is 5.80. The third-order valence-corrected chi connectivity index (χ3v) is 7.12. The second-order valence-corrected chi connectivity index (χ2v) is 8.10. The van der Waals surface area contributed by atoms with Gasteiger partial charge in [0.15, 0.2) is 0 Å². The van der Waals surface area contributed by atoms with Crippen molar-refractivity contribution in [1.29, 1.82) is 0 Å². The molecule has 0 amide bonds. The van der Waals surface area contributed by atoms with Gasteiger partial charge in [0.2, 0.25) is 0 Å². The fourth-order valence-corrected chi connectivity index (χ4v) is 6.04. The van der Waals surface area contributed by atoms with Crippen molar-refractivity contribution < 1.29 is 0 Å². The molecule has 4 fully saturated rings. The Kier molecular flexibility index (Phi) is 2.61. The summed E-state index contributed by atoms with van der Waals surface area (Å²) in [4.78, 5) is 0.791. The molecule has 2 unspecified atom stereocenters. The minimum atomic E-state index is 0.156. The van der Waals surface area contributed by atoms with Crippen LogP contribution in [0.25, 0.3) is 0 Å². The Balaban J connectivity index is 1.82. The quantitative estimate of drug-likeness (QED) is 0.829. The van der Waals surface area contributed by atoms with Gasteiger partial charge in [-0.2, -0.15) is 0 Å². The van der Waals surface area contributed by atoms with Crippen molar-refractivity contribution in [2.45, 2.75) is 44.4 Å². The van der Waals surface area contributed by atoms with Crippen LogP contribution >= 0.6 is 12.2 Å². The van der Waals surface area contributed by atoms with Gasteiger partial charge in [0, 0.05) is 5.41 Å². The lowest BCUT2D eigenvalue weighted by Gasteiger charge is -2.64. The lowest BCUT2D eigenvalue weighted by molar-refractivity contribution is -0.0739. The highest BCUT2D eigenvalue weighted by Crippen LogP contribution is 2.67. The molecule has 1 nitrogen and oxygen atoms in total. The lowest BCUT2D eigenvalue weighted by Crippen LogP contribution is -2.60. The average molecular weight is 285 g/mol. The van der Waals surface area contributed by atoms with Crippen LogP contribution < -0.4 is 5.73 Å². The van der Waals surface area contributed by atoms with E-state index >= 15 is 0 Å². The summed E-state index contributed by atoms with van der Waals surface area (Å²) in [7, 11) is 0. The number of benzene rings is 1. The second-order valence-electron chi connectivity index (χ2n) is 7.66. The molecule has 0 aromatic heterocycles. The Morgan fingerprint density at radius 2 is 1.70 bits per heavy atom. The van der Waals surface area contributed by atoms with Crippen LogP contribution in [-0.2, 0) is 5.41 Å². The molecular formula is C18H23NS. The summed E-state index contributed by atoms with van der Waals surface area (Å²) in [5.74, 6) is 2.49. The van der Waals surface area contributed by atoms with Gasteiger partial charge in [0.1, 0.15) is 0 Å². The first-order valence-electron chi connectivity index (χ1n) is 7.90. The highest BCUT2D eigenvalue weighted by molar-refractivity contribution is 7.80. The minimum absolute atomic E-state index is 0.156. The van der Waals surface area contributed by atoms with Gasteiger partial charge < -0.3 is 5.73 Å². The molecule has 1 aromatic carbocycles. The molecule has 4 bridgehead atoms. The van der Waals surface area contributed by atoms with Crippen LogP contribution in [0.4, 0.5) is 0 Å². The van der Waals surface area contributed by atoms with E-state index in [1.165, 1.54) is 37.7 Å². The van der Waals surface area contributed by atoms with Crippen LogP contribution in [0.3, 0.4) is 0 Å². The molecule has 0 saturated heterocycles. The van der Waals surface area contributed by atoms with E-state index in [-0.39, 0.29) is 5.41 Å². The summed E-state index contributed by atoms with van der Waals surface area (Å²) in [6.45, 7) is 2.46. The van der Waals surface area contributed by atoms with Crippen molar-refractivity contribution in [2.24, 2.45) is 28.9 Å². The normalized spacial score (nSPS) is 45.5. The maximum Gasteiger partial charge on any atom is 0.0790 e. The molecule has 4 saturated carbocycles. The first-order valence-corrected chi connectivity index (χ1v) is 8.31. The van der Waals surface area contributed by atoms with Crippen molar-refractivity contribution in [3.8, 4) is 0 Å². The maximum absolute atomic E-state index is 6.21. The Labute approximate surface area is 126 Å². The molecule has 20 heavy (non-hydrogen) atoms. The number of rotatable bonds is 2. The Hall–Kier alpha value is -0.890. The van der Waals surface area contributed by atoms with Crippen LogP contribution in [0.15, 0.2) is 30.3 Å². The predicted molar refractivity (Wildman–Crippen MR) is 86.6 cm³/mol. The van der Waals surface area contributed by atoms with Crippen molar-refractivity contribution in [2.75, 3.05) is 0 Å². The highest BCUT2D eigenvalue weighted by Gasteiger charge is 2.61. The molecular weight excluding hydrogens is 262 g/mol. The largest absolute Gasteiger partial charge is 0.393 e. The third kappa shape index (κ3) is 1.57. The average Bonchev–Trinajstić information content (AvgIpc) is 2.44. The summed E-state index contributed by atoms with van der Waals surface area (Å²) in [5, 5.41) is 0. The van der Waals surface area contributed by atoms with Crippen LogP contribution in [-0.4, -0.2) is 4.99 Å². The smallest absolute Gasteiger partial charge is 0.0790 e. The van der Waals surface area contributed by atoms with Crippen LogP contribution in [0.5, 0.6) is 0 Å². The topological polar surface area (TPSA) is 26.0 Å². The fraction of sp³-hybridized carbons (Fsp3) is 0.611. The summed E-state index contributed by atoms with van der Waals surface area (Å²) < 4.78 is 0. The van der Waals surface area contributed by atoms with Gasteiger partial charge in [-0.3, -0.25) is 0 Å². The Morgan fingerprint density at radius 3 is 2.25 bits per heavy atom. The summed E-state index contributed by atoms with van der Waals surface area (Å²) in [5.41, 5.74) is 8.24. The molecule has 0 spiro atoms. The van der Waals surface area contributed by atoms with Crippen LogP contribution in [0.2, 0.25) is 0 Å². The molecule has 2 atom stereocenters. The number of nitrogens with two attached hydrogens (primary N) is 1. The van der Waals surface area contributed by atoms with Crippen molar-refractivity contribution >= 4 is 17.2 Å². The van der Waals surface area contributed by atoms with E-state index in [9.17, 15) is 0 Å². The molecule has 4 aliphatic rings. The zero-order valence-corrected chi connectivity index (χ0v) is 13.0. The molecule has 0 radical (unpaired) electrons. The Bertz CT molecular complexity index is 534. The summed E-state index contributed by atoms with van der Waals surface area (Å²) >= 11 is 5.50. The van der Waals surface area contributed by atoms with E-state index in [0.717, 1.165) is 22.7 Å². The van der Waals surface area contributed by atoms with E-state index in [0.29, 0.717) is 5.41 Å². The molecule has 4 aliphatic carbocycles. The van der Waals surface area contributed by atoms with Gasteiger partial charge in [-0.25, -0.2) is 0 Å². The van der Waals surface area contributed by atoms with Crippen LogP contribution in [0.1, 0.15) is 44.6 Å².